The summed E-state index contributed by atoms with van der Waals surface area (Å²) in [6, 6.07) is 14.0. The van der Waals surface area contributed by atoms with Crippen LogP contribution in [0, 0.1) is 0 Å². The Labute approximate surface area is 167 Å². The fourth-order valence-electron chi connectivity index (χ4n) is 2.74. The Bertz CT molecular complexity index is 908. The molecule has 0 unspecified atom stereocenters. The van der Waals surface area contributed by atoms with Crippen molar-refractivity contribution in [2.45, 2.75) is 52.4 Å². The molecule has 0 atom stereocenters. The Morgan fingerprint density at radius 3 is 1.79 bits per heavy atom. The van der Waals surface area contributed by atoms with E-state index in [4.69, 9.17) is 4.74 Å². The highest BCUT2D eigenvalue weighted by Gasteiger charge is 2.28. The number of carbonyl (C=O) groups excluding carboxylic acids is 1. The molecule has 0 aromatic heterocycles. The maximum absolute atomic E-state index is 12.4. The van der Waals surface area contributed by atoms with E-state index < -0.39 is 16.3 Å². The topological polar surface area (TPSA) is 84.5 Å². The van der Waals surface area contributed by atoms with Crippen LogP contribution in [0.4, 0.5) is 10.5 Å². The molecule has 0 aliphatic rings. The van der Waals surface area contributed by atoms with Crippen LogP contribution in [-0.4, -0.2) is 14.5 Å². The first-order valence-corrected chi connectivity index (χ1v) is 10.5. The van der Waals surface area contributed by atoms with E-state index >= 15 is 0 Å². The van der Waals surface area contributed by atoms with Gasteiger partial charge in [-0.3, -0.25) is 4.72 Å². The SMILES string of the molecule is CC(C)(C)c1cccc(C(C)(C)C)c1OC(=O)NS(=O)(=O)Nc1ccccc1. The van der Waals surface area contributed by atoms with Crippen molar-refractivity contribution in [2.24, 2.45) is 0 Å². The number of para-hydroxylation sites is 2. The van der Waals surface area contributed by atoms with E-state index in [1.54, 1.807) is 30.3 Å². The van der Waals surface area contributed by atoms with Crippen molar-refractivity contribution in [2.75, 3.05) is 4.72 Å². The molecule has 0 spiro atoms. The summed E-state index contributed by atoms with van der Waals surface area (Å²) >= 11 is 0. The van der Waals surface area contributed by atoms with E-state index in [-0.39, 0.29) is 10.8 Å². The lowest BCUT2D eigenvalue weighted by Crippen LogP contribution is -2.38. The minimum atomic E-state index is -4.13. The van der Waals surface area contributed by atoms with Gasteiger partial charge in [-0.15, -0.1) is 0 Å². The molecule has 0 fully saturated rings. The zero-order chi connectivity index (χ0) is 21.2. The summed E-state index contributed by atoms with van der Waals surface area (Å²) in [5, 5.41) is 0. The highest BCUT2D eigenvalue weighted by atomic mass is 32.2. The van der Waals surface area contributed by atoms with Gasteiger partial charge in [0.25, 0.3) is 0 Å². The first-order chi connectivity index (χ1) is 12.8. The average Bonchev–Trinajstić information content (AvgIpc) is 2.52. The predicted molar refractivity (Wildman–Crippen MR) is 112 cm³/mol. The third-order valence-corrected chi connectivity index (χ3v) is 5.01. The summed E-state index contributed by atoms with van der Waals surface area (Å²) in [7, 11) is -4.13. The number of amides is 1. The van der Waals surface area contributed by atoms with E-state index in [1.807, 2.05) is 64.5 Å². The van der Waals surface area contributed by atoms with Crippen molar-refractivity contribution >= 4 is 22.0 Å². The number of nitrogens with one attached hydrogen (secondary N) is 2. The smallest absolute Gasteiger partial charge is 0.409 e. The molecule has 0 heterocycles. The molecule has 1 amide bonds. The number of anilines is 1. The second kappa shape index (κ2) is 7.83. The van der Waals surface area contributed by atoms with E-state index in [0.717, 1.165) is 11.1 Å². The van der Waals surface area contributed by atoms with Crippen LogP contribution < -0.4 is 14.2 Å². The minimum absolute atomic E-state index is 0.294. The van der Waals surface area contributed by atoms with Crippen molar-refractivity contribution in [1.82, 2.24) is 4.72 Å². The normalized spacial score (nSPS) is 12.4. The van der Waals surface area contributed by atoms with Gasteiger partial charge in [0, 0.05) is 11.1 Å². The summed E-state index contributed by atoms with van der Waals surface area (Å²) < 4.78 is 34.2. The molecule has 2 N–H and O–H groups in total. The van der Waals surface area contributed by atoms with Crippen LogP contribution in [0.25, 0.3) is 0 Å². The molecule has 6 nitrogen and oxygen atoms in total. The Morgan fingerprint density at radius 1 is 0.821 bits per heavy atom. The molecule has 0 saturated carbocycles. The van der Waals surface area contributed by atoms with E-state index in [2.05, 4.69) is 4.72 Å². The standard InChI is InChI=1S/C21H28N2O4S/c1-20(2,3)16-13-10-14-17(21(4,5)6)18(16)27-19(24)23-28(25,26)22-15-11-8-7-9-12-15/h7-14,22H,1-6H3,(H,23,24). The Hall–Kier alpha value is -2.54. The Morgan fingerprint density at radius 2 is 1.32 bits per heavy atom. The fourth-order valence-corrected chi connectivity index (χ4v) is 3.50. The summed E-state index contributed by atoms with van der Waals surface area (Å²) in [4.78, 5) is 12.4. The average molecular weight is 405 g/mol. The number of hydrogen-bond acceptors (Lipinski definition) is 4. The monoisotopic (exact) mass is 404 g/mol. The lowest BCUT2D eigenvalue weighted by Gasteiger charge is -2.28. The predicted octanol–water partition coefficient (Wildman–Crippen LogP) is 4.73. The lowest BCUT2D eigenvalue weighted by atomic mass is 9.79. The van der Waals surface area contributed by atoms with Gasteiger partial charge >= 0.3 is 16.3 Å². The Balaban J connectivity index is 2.30. The number of rotatable bonds is 4. The third kappa shape index (κ3) is 5.73. The zero-order valence-electron chi connectivity index (χ0n) is 17.2. The molecule has 2 aromatic carbocycles. The summed E-state index contributed by atoms with van der Waals surface area (Å²) in [5.74, 6) is 0.384. The van der Waals surface area contributed by atoms with Gasteiger partial charge in [0.1, 0.15) is 5.75 Å². The molecular weight excluding hydrogens is 376 g/mol. The fraction of sp³-hybridized carbons (Fsp3) is 0.381. The first-order valence-electron chi connectivity index (χ1n) is 9.01. The zero-order valence-corrected chi connectivity index (χ0v) is 18.0. The molecule has 0 saturated heterocycles. The van der Waals surface area contributed by atoms with Crippen LogP contribution >= 0.6 is 0 Å². The first kappa shape index (κ1) is 21.8. The van der Waals surface area contributed by atoms with Crippen LogP contribution in [0.5, 0.6) is 5.75 Å². The van der Waals surface area contributed by atoms with E-state index in [9.17, 15) is 13.2 Å². The maximum Gasteiger partial charge on any atom is 0.427 e. The number of ether oxygens (including phenoxy) is 1. The highest BCUT2D eigenvalue weighted by Crippen LogP contribution is 2.39. The molecule has 7 heteroatoms. The van der Waals surface area contributed by atoms with Gasteiger partial charge in [-0.25, -0.2) is 9.52 Å². The van der Waals surface area contributed by atoms with Crippen LogP contribution in [0.3, 0.4) is 0 Å². The van der Waals surface area contributed by atoms with Crippen LogP contribution in [0.15, 0.2) is 48.5 Å². The number of benzene rings is 2. The highest BCUT2D eigenvalue weighted by molar-refractivity contribution is 7.91. The molecule has 2 aromatic rings. The van der Waals surface area contributed by atoms with Crippen LogP contribution in [0.1, 0.15) is 52.7 Å². The van der Waals surface area contributed by atoms with Crippen LogP contribution in [0.2, 0.25) is 0 Å². The number of carbonyl (C=O) groups is 1. The molecule has 2 rings (SSSR count). The van der Waals surface area contributed by atoms with Gasteiger partial charge in [0.2, 0.25) is 0 Å². The van der Waals surface area contributed by atoms with Crippen molar-refractivity contribution in [3.05, 3.63) is 59.7 Å². The molecule has 152 valence electrons. The molecule has 0 radical (unpaired) electrons. The van der Waals surface area contributed by atoms with E-state index in [0.29, 0.717) is 11.4 Å². The van der Waals surface area contributed by atoms with E-state index in [1.165, 1.54) is 0 Å². The van der Waals surface area contributed by atoms with Gasteiger partial charge < -0.3 is 4.74 Å². The molecule has 0 aliphatic heterocycles. The van der Waals surface area contributed by atoms with Crippen molar-refractivity contribution in [3.8, 4) is 5.75 Å². The van der Waals surface area contributed by atoms with Gasteiger partial charge in [-0.1, -0.05) is 77.9 Å². The van der Waals surface area contributed by atoms with Gasteiger partial charge in [-0.2, -0.15) is 8.42 Å². The quantitative estimate of drug-likeness (QED) is 0.772. The summed E-state index contributed by atoms with van der Waals surface area (Å²) in [6.45, 7) is 12.0. The molecule has 28 heavy (non-hydrogen) atoms. The summed E-state index contributed by atoms with van der Waals surface area (Å²) in [5.41, 5.74) is 1.40. The lowest BCUT2D eigenvalue weighted by molar-refractivity contribution is 0.205. The second-order valence-electron chi connectivity index (χ2n) is 8.65. The van der Waals surface area contributed by atoms with Crippen molar-refractivity contribution in [1.29, 1.82) is 0 Å². The third-order valence-electron chi connectivity index (χ3n) is 4.07. The van der Waals surface area contributed by atoms with Crippen LogP contribution in [-0.2, 0) is 21.0 Å². The Kier molecular flexibility index (Phi) is 6.09. The second-order valence-corrected chi connectivity index (χ2v) is 10.1. The van der Waals surface area contributed by atoms with Crippen molar-refractivity contribution < 1.29 is 17.9 Å². The maximum atomic E-state index is 12.4. The van der Waals surface area contributed by atoms with Gasteiger partial charge in [0.05, 0.1) is 5.69 Å². The van der Waals surface area contributed by atoms with Crippen molar-refractivity contribution in [3.63, 3.8) is 0 Å². The van der Waals surface area contributed by atoms with Gasteiger partial charge in [0.15, 0.2) is 0 Å². The number of hydrogen-bond donors (Lipinski definition) is 2. The summed E-state index contributed by atoms with van der Waals surface area (Å²) in [6.07, 6.45) is -1.06. The molecular formula is C21H28N2O4S. The molecule has 0 aliphatic carbocycles. The van der Waals surface area contributed by atoms with Gasteiger partial charge in [-0.05, 0) is 23.0 Å². The largest absolute Gasteiger partial charge is 0.427 e. The molecule has 0 bridgehead atoms. The minimum Gasteiger partial charge on any atom is -0.409 e.